The minimum atomic E-state index is -1.34. The van der Waals surface area contributed by atoms with Crippen LogP contribution in [-0.2, 0) is 25.8 Å². The zero-order valence-electron chi connectivity index (χ0n) is 18.5. The first-order valence-electron chi connectivity index (χ1n) is 10.9. The summed E-state index contributed by atoms with van der Waals surface area (Å²) in [5.74, 6) is -1.22. The summed E-state index contributed by atoms with van der Waals surface area (Å²) in [7, 11) is 0. The van der Waals surface area contributed by atoms with Crippen molar-refractivity contribution in [2.45, 2.75) is 18.3 Å². The van der Waals surface area contributed by atoms with Gasteiger partial charge in [-0.3, -0.25) is 24.2 Å². The number of aryl methyl sites for hydroxylation is 1. The molecule has 5 rings (SSSR count). The van der Waals surface area contributed by atoms with Gasteiger partial charge in [0.25, 0.3) is 5.91 Å². The van der Waals surface area contributed by atoms with Crippen LogP contribution in [0.15, 0.2) is 72.8 Å². The standard InChI is InChI=1S/C26H22FN3O3S/c1-17-6-5-9-21-24(17)29(15-22(31)28-14-18-7-3-2-4-8-18)25(33)26(21)30(23(32)16-34-26)20-12-10-19(27)11-13-20/h2-13H,14-16H2,1H3,(H,28,31)/t26-/m0/s1. The molecule has 1 atom stereocenters. The molecule has 0 radical (unpaired) electrons. The highest BCUT2D eigenvalue weighted by atomic mass is 32.2. The normalized spacial score (nSPS) is 19.1. The van der Waals surface area contributed by atoms with Crippen molar-refractivity contribution in [2.24, 2.45) is 0 Å². The van der Waals surface area contributed by atoms with Crippen molar-refractivity contribution in [3.8, 4) is 0 Å². The first-order chi connectivity index (χ1) is 16.4. The lowest BCUT2D eigenvalue weighted by molar-refractivity contribution is -0.125. The van der Waals surface area contributed by atoms with Crippen LogP contribution in [0.5, 0.6) is 0 Å². The Bertz CT molecular complexity index is 1280. The summed E-state index contributed by atoms with van der Waals surface area (Å²) in [6.45, 7) is 2.06. The second kappa shape index (κ2) is 8.61. The maximum absolute atomic E-state index is 14.0. The van der Waals surface area contributed by atoms with E-state index in [0.29, 0.717) is 23.5 Å². The van der Waals surface area contributed by atoms with Gasteiger partial charge in [-0.05, 0) is 42.3 Å². The van der Waals surface area contributed by atoms with Crippen LogP contribution >= 0.6 is 11.8 Å². The Kier molecular flexibility index (Phi) is 5.61. The SMILES string of the molecule is Cc1cccc2c1N(CC(=O)NCc1ccccc1)C(=O)[C@@]21SCC(=O)N1c1ccc(F)cc1. The zero-order valence-corrected chi connectivity index (χ0v) is 19.3. The molecule has 3 aromatic carbocycles. The number of nitrogens with zero attached hydrogens (tertiary/aromatic N) is 2. The number of para-hydroxylation sites is 1. The van der Waals surface area contributed by atoms with Crippen LogP contribution in [0.2, 0.25) is 0 Å². The van der Waals surface area contributed by atoms with Gasteiger partial charge in [-0.1, -0.05) is 48.5 Å². The maximum atomic E-state index is 14.0. The Labute approximate surface area is 200 Å². The number of hydrogen-bond acceptors (Lipinski definition) is 4. The van der Waals surface area contributed by atoms with Crippen LogP contribution in [0.4, 0.5) is 15.8 Å². The lowest BCUT2D eigenvalue weighted by Gasteiger charge is -2.33. The number of benzene rings is 3. The molecule has 172 valence electrons. The molecular weight excluding hydrogens is 453 g/mol. The first kappa shape index (κ1) is 22.2. The van der Waals surface area contributed by atoms with Crippen molar-refractivity contribution in [1.82, 2.24) is 5.32 Å². The average molecular weight is 476 g/mol. The molecule has 0 aliphatic carbocycles. The number of carbonyl (C=O) groups is 3. The topological polar surface area (TPSA) is 69.7 Å². The number of fused-ring (bicyclic) bond motifs is 2. The van der Waals surface area contributed by atoms with Gasteiger partial charge in [0.05, 0.1) is 11.4 Å². The number of carbonyl (C=O) groups excluding carboxylic acids is 3. The van der Waals surface area contributed by atoms with Crippen molar-refractivity contribution < 1.29 is 18.8 Å². The summed E-state index contributed by atoms with van der Waals surface area (Å²) >= 11 is 1.23. The molecule has 0 aromatic heterocycles. The van der Waals surface area contributed by atoms with E-state index in [1.54, 1.807) is 0 Å². The van der Waals surface area contributed by atoms with Crippen molar-refractivity contribution in [3.05, 3.63) is 95.3 Å². The van der Waals surface area contributed by atoms with E-state index in [2.05, 4.69) is 5.32 Å². The first-order valence-corrected chi connectivity index (χ1v) is 11.9. The Hall–Kier alpha value is -3.65. The smallest absolute Gasteiger partial charge is 0.269 e. The Morgan fingerprint density at radius 3 is 2.50 bits per heavy atom. The van der Waals surface area contributed by atoms with Gasteiger partial charge in [0, 0.05) is 17.8 Å². The molecule has 0 bridgehead atoms. The van der Waals surface area contributed by atoms with E-state index in [0.717, 1.165) is 11.1 Å². The van der Waals surface area contributed by atoms with Crippen molar-refractivity contribution in [3.63, 3.8) is 0 Å². The molecule has 1 N–H and O–H groups in total. The molecule has 3 amide bonds. The lowest BCUT2D eigenvalue weighted by atomic mass is 10.0. The molecular formula is C26H22FN3O3S. The fourth-order valence-corrected chi connectivity index (χ4v) is 5.93. The van der Waals surface area contributed by atoms with Gasteiger partial charge < -0.3 is 5.32 Å². The third-order valence-corrected chi connectivity index (χ3v) is 7.48. The van der Waals surface area contributed by atoms with Gasteiger partial charge >= 0.3 is 0 Å². The lowest BCUT2D eigenvalue weighted by Crippen LogP contribution is -2.51. The number of rotatable bonds is 5. The minimum absolute atomic E-state index is 0.102. The summed E-state index contributed by atoms with van der Waals surface area (Å²) in [6, 6.07) is 20.6. The van der Waals surface area contributed by atoms with Gasteiger partial charge in [-0.25, -0.2) is 4.39 Å². The molecule has 0 saturated carbocycles. The second-order valence-corrected chi connectivity index (χ2v) is 9.43. The summed E-state index contributed by atoms with van der Waals surface area (Å²) in [4.78, 5) is 41.4. The van der Waals surface area contributed by atoms with E-state index in [4.69, 9.17) is 0 Å². The number of anilines is 2. The largest absolute Gasteiger partial charge is 0.350 e. The molecule has 2 aliphatic heterocycles. The fourth-order valence-electron chi connectivity index (χ4n) is 4.58. The summed E-state index contributed by atoms with van der Waals surface area (Å²) in [6.07, 6.45) is 0. The molecule has 6 nitrogen and oxygen atoms in total. The predicted molar refractivity (Wildman–Crippen MR) is 130 cm³/mol. The third-order valence-electron chi connectivity index (χ3n) is 6.10. The molecule has 1 spiro atoms. The van der Waals surface area contributed by atoms with Crippen LogP contribution in [0.1, 0.15) is 16.7 Å². The number of amides is 3. The highest BCUT2D eigenvalue weighted by Gasteiger charge is 2.61. The molecule has 3 aromatic rings. The Morgan fingerprint density at radius 1 is 1.03 bits per heavy atom. The third kappa shape index (κ3) is 3.54. The van der Waals surface area contributed by atoms with Crippen molar-refractivity contribution >= 4 is 40.9 Å². The van der Waals surface area contributed by atoms with Gasteiger partial charge in [0.15, 0.2) is 0 Å². The number of hydrogen-bond donors (Lipinski definition) is 1. The summed E-state index contributed by atoms with van der Waals surface area (Å²) in [5, 5.41) is 2.87. The molecule has 1 fully saturated rings. The number of halogens is 1. The van der Waals surface area contributed by atoms with Gasteiger partial charge in [0.2, 0.25) is 16.7 Å². The molecule has 0 unspecified atom stereocenters. The quantitative estimate of drug-likeness (QED) is 0.611. The van der Waals surface area contributed by atoms with E-state index in [1.807, 2.05) is 55.5 Å². The second-order valence-electron chi connectivity index (χ2n) is 8.26. The zero-order chi connectivity index (χ0) is 23.9. The minimum Gasteiger partial charge on any atom is -0.350 e. The number of thioether (sulfide) groups is 1. The maximum Gasteiger partial charge on any atom is 0.269 e. The fraction of sp³-hybridized carbons (Fsp3) is 0.192. The highest BCUT2D eigenvalue weighted by Crippen LogP contribution is 2.56. The Morgan fingerprint density at radius 2 is 1.76 bits per heavy atom. The van der Waals surface area contributed by atoms with Crippen LogP contribution in [-0.4, -0.2) is 30.0 Å². The number of nitrogens with one attached hydrogen (secondary N) is 1. The molecule has 8 heteroatoms. The summed E-state index contributed by atoms with van der Waals surface area (Å²) < 4.78 is 13.6. The van der Waals surface area contributed by atoms with E-state index in [-0.39, 0.29) is 30.0 Å². The van der Waals surface area contributed by atoms with Crippen molar-refractivity contribution in [1.29, 1.82) is 0 Å². The van der Waals surface area contributed by atoms with E-state index >= 15 is 0 Å². The van der Waals surface area contributed by atoms with Crippen LogP contribution < -0.4 is 15.1 Å². The predicted octanol–water partition coefficient (Wildman–Crippen LogP) is 3.73. The molecule has 34 heavy (non-hydrogen) atoms. The van der Waals surface area contributed by atoms with Crippen molar-refractivity contribution in [2.75, 3.05) is 22.1 Å². The Balaban J connectivity index is 1.50. The molecule has 1 saturated heterocycles. The van der Waals surface area contributed by atoms with Gasteiger partial charge in [0.1, 0.15) is 12.4 Å². The average Bonchev–Trinajstić information content (AvgIpc) is 3.30. The molecule has 2 heterocycles. The van der Waals surface area contributed by atoms with E-state index in [9.17, 15) is 18.8 Å². The van der Waals surface area contributed by atoms with Crippen LogP contribution in [0.3, 0.4) is 0 Å². The van der Waals surface area contributed by atoms with Crippen LogP contribution in [0, 0.1) is 12.7 Å². The van der Waals surface area contributed by atoms with Crippen LogP contribution in [0.25, 0.3) is 0 Å². The van der Waals surface area contributed by atoms with Gasteiger partial charge in [-0.15, -0.1) is 11.8 Å². The van der Waals surface area contributed by atoms with Gasteiger partial charge in [-0.2, -0.15) is 0 Å². The van der Waals surface area contributed by atoms with E-state index in [1.165, 1.54) is 45.8 Å². The summed E-state index contributed by atoms with van der Waals surface area (Å²) in [5.41, 5.74) is 3.52. The molecule has 2 aliphatic rings. The van der Waals surface area contributed by atoms with E-state index < -0.39 is 10.7 Å². The highest BCUT2D eigenvalue weighted by molar-refractivity contribution is 8.02. The monoisotopic (exact) mass is 475 g/mol.